The SMILES string of the molecule is CCOC(C)CNC1CCc2cc(Br)ccc21. The van der Waals surface area contributed by atoms with Crippen LogP contribution in [-0.4, -0.2) is 19.3 Å². The first kappa shape index (κ1) is 13.1. The van der Waals surface area contributed by atoms with Crippen LogP contribution in [0.2, 0.25) is 0 Å². The van der Waals surface area contributed by atoms with Crippen molar-refractivity contribution >= 4 is 15.9 Å². The minimum atomic E-state index is 0.291. The molecule has 0 fully saturated rings. The predicted molar refractivity (Wildman–Crippen MR) is 74.3 cm³/mol. The maximum Gasteiger partial charge on any atom is 0.0671 e. The number of hydrogen-bond acceptors (Lipinski definition) is 2. The number of hydrogen-bond donors (Lipinski definition) is 1. The third kappa shape index (κ3) is 3.30. The highest BCUT2D eigenvalue weighted by atomic mass is 79.9. The summed E-state index contributed by atoms with van der Waals surface area (Å²) in [4.78, 5) is 0. The van der Waals surface area contributed by atoms with E-state index in [-0.39, 0.29) is 0 Å². The molecular weight excluding hydrogens is 278 g/mol. The molecule has 1 aromatic carbocycles. The number of ether oxygens (including phenoxy) is 1. The van der Waals surface area contributed by atoms with Gasteiger partial charge in [-0.1, -0.05) is 22.0 Å². The van der Waals surface area contributed by atoms with Crippen molar-refractivity contribution in [2.45, 2.75) is 38.8 Å². The standard InChI is InChI=1S/C14H20BrNO/c1-3-17-10(2)9-16-14-7-4-11-8-12(15)5-6-13(11)14/h5-6,8,10,14,16H,3-4,7,9H2,1-2H3. The van der Waals surface area contributed by atoms with Crippen molar-refractivity contribution in [2.24, 2.45) is 0 Å². The van der Waals surface area contributed by atoms with Gasteiger partial charge >= 0.3 is 0 Å². The lowest BCUT2D eigenvalue weighted by Gasteiger charge is -2.18. The molecule has 0 heterocycles. The summed E-state index contributed by atoms with van der Waals surface area (Å²) in [7, 11) is 0. The first-order chi connectivity index (χ1) is 8.20. The fourth-order valence-corrected chi connectivity index (χ4v) is 2.86. The molecule has 2 atom stereocenters. The Balaban J connectivity index is 1.93. The summed E-state index contributed by atoms with van der Waals surface area (Å²) in [6.07, 6.45) is 2.67. The van der Waals surface area contributed by atoms with E-state index >= 15 is 0 Å². The smallest absolute Gasteiger partial charge is 0.0671 e. The molecule has 2 rings (SSSR count). The zero-order valence-electron chi connectivity index (χ0n) is 10.5. The molecule has 3 heteroatoms. The van der Waals surface area contributed by atoms with Gasteiger partial charge in [-0.05, 0) is 49.9 Å². The van der Waals surface area contributed by atoms with E-state index in [1.54, 1.807) is 0 Å². The van der Waals surface area contributed by atoms with E-state index in [2.05, 4.69) is 46.4 Å². The van der Waals surface area contributed by atoms with Crippen molar-refractivity contribution in [1.82, 2.24) is 5.32 Å². The van der Waals surface area contributed by atoms with Gasteiger partial charge in [0.1, 0.15) is 0 Å². The quantitative estimate of drug-likeness (QED) is 0.899. The van der Waals surface area contributed by atoms with Crippen LogP contribution in [0.3, 0.4) is 0 Å². The van der Waals surface area contributed by atoms with Gasteiger partial charge in [0.2, 0.25) is 0 Å². The van der Waals surface area contributed by atoms with Crippen LogP contribution in [-0.2, 0) is 11.2 Å². The second-order valence-electron chi connectivity index (χ2n) is 4.61. The Hall–Kier alpha value is -0.380. The molecule has 2 unspecified atom stereocenters. The summed E-state index contributed by atoms with van der Waals surface area (Å²) in [5.41, 5.74) is 2.93. The molecule has 0 spiro atoms. The van der Waals surface area contributed by atoms with Gasteiger partial charge in [0.25, 0.3) is 0 Å². The van der Waals surface area contributed by atoms with Crippen molar-refractivity contribution in [3.8, 4) is 0 Å². The Morgan fingerprint density at radius 1 is 1.53 bits per heavy atom. The predicted octanol–water partition coefficient (Wildman–Crippen LogP) is 3.45. The van der Waals surface area contributed by atoms with Crippen LogP contribution >= 0.6 is 15.9 Å². The van der Waals surface area contributed by atoms with Crippen molar-refractivity contribution < 1.29 is 4.74 Å². The van der Waals surface area contributed by atoms with Crippen molar-refractivity contribution in [2.75, 3.05) is 13.2 Å². The van der Waals surface area contributed by atoms with E-state index < -0.39 is 0 Å². The zero-order chi connectivity index (χ0) is 12.3. The lowest BCUT2D eigenvalue weighted by atomic mass is 10.1. The van der Waals surface area contributed by atoms with Crippen molar-refractivity contribution in [3.63, 3.8) is 0 Å². The third-order valence-electron chi connectivity index (χ3n) is 3.29. The zero-order valence-corrected chi connectivity index (χ0v) is 12.1. The van der Waals surface area contributed by atoms with Crippen molar-refractivity contribution in [3.05, 3.63) is 33.8 Å². The molecule has 17 heavy (non-hydrogen) atoms. The molecule has 0 aromatic heterocycles. The Kier molecular flexibility index (Phi) is 4.60. The third-order valence-corrected chi connectivity index (χ3v) is 3.78. The topological polar surface area (TPSA) is 21.3 Å². The van der Waals surface area contributed by atoms with E-state index in [1.165, 1.54) is 28.4 Å². The molecule has 2 nitrogen and oxygen atoms in total. The number of rotatable bonds is 5. The lowest BCUT2D eigenvalue weighted by Crippen LogP contribution is -2.29. The van der Waals surface area contributed by atoms with Gasteiger partial charge in [0, 0.05) is 23.7 Å². The van der Waals surface area contributed by atoms with E-state index in [0.717, 1.165) is 13.2 Å². The van der Waals surface area contributed by atoms with E-state index in [1.807, 2.05) is 6.92 Å². The highest BCUT2D eigenvalue weighted by Crippen LogP contribution is 2.32. The average Bonchev–Trinajstić information content (AvgIpc) is 2.69. The van der Waals surface area contributed by atoms with E-state index in [0.29, 0.717) is 12.1 Å². The molecule has 1 aromatic rings. The van der Waals surface area contributed by atoms with Crippen LogP contribution in [0.1, 0.15) is 37.4 Å². The van der Waals surface area contributed by atoms with Crippen molar-refractivity contribution in [1.29, 1.82) is 0 Å². The summed E-state index contributed by atoms with van der Waals surface area (Å²) in [5, 5.41) is 3.60. The summed E-state index contributed by atoms with van der Waals surface area (Å²) < 4.78 is 6.72. The Bertz CT molecular complexity index is 380. The van der Waals surface area contributed by atoms with Crippen LogP contribution in [0, 0.1) is 0 Å². The number of fused-ring (bicyclic) bond motifs is 1. The number of benzene rings is 1. The Labute approximate surface area is 112 Å². The fourth-order valence-electron chi connectivity index (χ4n) is 2.45. The lowest BCUT2D eigenvalue weighted by molar-refractivity contribution is 0.0739. The average molecular weight is 298 g/mol. The molecule has 1 aliphatic carbocycles. The van der Waals surface area contributed by atoms with Crippen LogP contribution in [0.25, 0.3) is 0 Å². The highest BCUT2D eigenvalue weighted by molar-refractivity contribution is 9.10. The number of aryl methyl sites for hydroxylation is 1. The molecule has 94 valence electrons. The maximum atomic E-state index is 5.54. The number of nitrogens with one attached hydrogen (secondary N) is 1. The monoisotopic (exact) mass is 297 g/mol. The van der Waals surface area contributed by atoms with Crippen LogP contribution < -0.4 is 5.32 Å². The molecule has 0 saturated heterocycles. The van der Waals surface area contributed by atoms with E-state index in [9.17, 15) is 0 Å². The van der Waals surface area contributed by atoms with Gasteiger partial charge in [0.15, 0.2) is 0 Å². The number of halogens is 1. The largest absolute Gasteiger partial charge is 0.377 e. The van der Waals surface area contributed by atoms with Crippen LogP contribution in [0.15, 0.2) is 22.7 Å². The molecule has 0 bridgehead atoms. The van der Waals surface area contributed by atoms with Gasteiger partial charge in [-0.25, -0.2) is 0 Å². The van der Waals surface area contributed by atoms with Crippen LogP contribution in [0.4, 0.5) is 0 Å². The minimum Gasteiger partial charge on any atom is -0.377 e. The molecule has 0 amide bonds. The molecule has 1 N–H and O–H groups in total. The Morgan fingerprint density at radius 3 is 3.12 bits per heavy atom. The molecule has 0 aliphatic heterocycles. The van der Waals surface area contributed by atoms with Crippen LogP contribution in [0.5, 0.6) is 0 Å². The minimum absolute atomic E-state index is 0.291. The van der Waals surface area contributed by atoms with Gasteiger partial charge < -0.3 is 10.1 Å². The van der Waals surface area contributed by atoms with E-state index in [4.69, 9.17) is 4.74 Å². The van der Waals surface area contributed by atoms with Gasteiger partial charge in [-0.15, -0.1) is 0 Å². The highest BCUT2D eigenvalue weighted by Gasteiger charge is 2.22. The van der Waals surface area contributed by atoms with Gasteiger partial charge in [-0.3, -0.25) is 0 Å². The maximum absolute atomic E-state index is 5.54. The summed E-state index contributed by atoms with van der Waals surface area (Å²) in [6, 6.07) is 7.10. The van der Waals surface area contributed by atoms with Gasteiger partial charge in [0.05, 0.1) is 6.10 Å². The first-order valence-electron chi connectivity index (χ1n) is 6.34. The normalized spacial score (nSPS) is 20.3. The molecular formula is C14H20BrNO. The summed E-state index contributed by atoms with van der Waals surface area (Å²) >= 11 is 3.53. The summed E-state index contributed by atoms with van der Waals surface area (Å²) in [6.45, 7) is 5.87. The second kappa shape index (κ2) is 5.98. The molecule has 0 radical (unpaired) electrons. The first-order valence-corrected chi connectivity index (χ1v) is 7.13. The van der Waals surface area contributed by atoms with Gasteiger partial charge in [-0.2, -0.15) is 0 Å². The summed E-state index contributed by atoms with van der Waals surface area (Å²) in [5.74, 6) is 0. The second-order valence-corrected chi connectivity index (χ2v) is 5.52. The molecule has 1 aliphatic rings. The molecule has 0 saturated carbocycles. The fraction of sp³-hybridized carbons (Fsp3) is 0.571. The Morgan fingerprint density at radius 2 is 2.35 bits per heavy atom.